The number of carboxylic acid groups (broad SMARTS) is 1. The molecule has 0 heterocycles. The largest absolute Gasteiger partial charge is 0.545 e. The van der Waals surface area contributed by atoms with Gasteiger partial charge in [0.2, 0.25) is 0 Å². The van der Waals surface area contributed by atoms with E-state index in [1.165, 1.54) is 0 Å². The van der Waals surface area contributed by atoms with Gasteiger partial charge in [-0.2, -0.15) is 0 Å². The van der Waals surface area contributed by atoms with Crippen LogP contribution in [-0.2, 0) is 4.79 Å². The molecule has 0 aliphatic rings. The van der Waals surface area contributed by atoms with Crippen molar-refractivity contribution in [3.05, 3.63) is 83.4 Å². The fraction of sp³-hybridized carbons (Fsp3) is 0.118. The van der Waals surface area contributed by atoms with E-state index in [-0.39, 0.29) is 11.5 Å². The van der Waals surface area contributed by atoms with Gasteiger partial charge in [-0.15, -0.1) is 0 Å². The minimum absolute atomic E-state index is 0.0692. The lowest BCUT2D eigenvalue weighted by Crippen LogP contribution is -2.23. The predicted octanol–water partition coefficient (Wildman–Crippen LogP) is 2.51. The van der Waals surface area contributed by atoms with Crippen molar-refractivity contribution in [2.75, 3.05) is 0 Å². The Morgan fingerprint density at radius 2 is 1.37 bits per heavy atom. The van der Waals surface area contributed by atoms with E-state index in [0.717, 1.165) is 11.1 Å². The van der Waals surface area contributed by atoms with Gasteiger partial charge in [-0.25, -0.2) is 0 Å². The minimum Gasteiger partial charge on any atom is -0.545 e. The zero-order valence-electron chi connectivity index (χ0n) is 10.7. The summed E-state index contributed by atoms with van der Waals surface area (Å²) in [6.45, 7) is 1.56. The normalized spacial score (nSPS) is 11.6. The first kappa shape index (κ1) is 13.1. The van der Waals surface area contributed by atoms with E-state index in [1.807, 2.05) is 60.7 Å². The Hall–Kier alpha value is -2.35. The van der Waals surface area contributed by atoms with Gasteiger partial charge in [0.25, 0.3) is 0 Å². The standard InChI is InChI=1S/C17H16O2/c1-13(17(18)19)12-16(14-8-4-2-5-9-14)15-10-6-3-7-11-15/h2-12,16H,1H3,(H,18,19)/p-1/b13-12+. The number of carbonyl (C=O) groups excluding carboxylic acids is 1. The minimum atomic E-state index is -1.13. The van der Waals surface area contributed by atoms with Crippen molar-refractivity contribution in [2.24, 2.45) is 0 Å². The molecular weight excluding hydrogens is 236 g/mol. The fourth-order valence-electron chi connectivity index (χ4n) is 2.02. The number of rotatable bonds is 4. The van der Waals surface area contributed by atoms with E-state index in [2.05, 4.69) is 0 Å². The van der Waals surface area contributed by atoms with Crippen LogP contribution in [-0.4, -0.2) is 5.97 Å². The van der Waals surface area contributed by atoms with Crippen LogP contribution in [0.15, 0.2) is 72.3 Å². The van der Waals surface area contributed by atoms with Gasteiger partial charge in [0.1, 0.15) is 0 Å². The van der Waals surface area contributed by atoms with E-state index in [9.17, 15) is 9.90 Å². The molecule has 0 unspecified atom stereocenters. The summed E-state index contributed by atoms with van der Waals surface area (Å²) in [6.07, 6.45) is 1.74. The molecule has 0 atom stereocenters. The Morgan fingerprint density at radius 3 is 1.74 bits per heavy atom. The average Bonchev–Trinajstić information content (AvgIpc) is 2.46. The van der Waals surface area contributed by atoms with Crippen molar-refractivity contribution >= 4 is 5.97 Å². The molecule has 0 spiro atoms. The van der Waals surface area contributed by atoms with Gasteiger partial charge >= 0.3 is 0 Å². The Balaban J connectivity index is 2.46. The molecule has 2 heteroatoms. The number of carbonyl (C=O) groups is 1. The molecule has 2 nitrogen and oxygen atoms in total. The second kappa shape index (κ2) is 6.01. The maximum absolute atomic E-state index is 10.9. The first-order valence-corrected chi connectivity index (χ1v) is 6.18. The van der Waals surface area contributed by atoms with E-state index in [1.54, 1.807) is 13.0 Å². The molecule has 0 saturated carbocycles. The summed E-state index contributed by atoms with van der Waals surface area (Å²) in [6, 6.07) is 19.7. The maximum Gasteiger partial charge on any atom is 0.0669 e. The van der Waals surface area contributed by atoms with Crippen LogP contribution < -0.4 is 5.11 Å². The summed E-state index contributed by atoms with van der Waals surface area (Å²) >= 11 is 0. The Labute approximate surface area is 113 Å². The van der Waals surface area contributed by atoms with Crippen LogP contribution in [0.3, 0.4) is 0 Å². The molecule has 0 amide bonds. The molecule has 0 saturated heterocycles. The summed E-state index contributed by atoms with van der Waals surface area (Å²) in [5.74, 6) is -1.20. The number of aliphatic carboxylic acids is 1. The van der Waals surface area contributed by atoms with E-state index < -0.39 is 5.97 Å². The summed E-state index contributed by atoms with van der Waals surface area (Å²) in [5.41, 5.74) is 2.38. The molecule has 2 aromatic carbocycles. The molecule has 19 heavy (non-hydrogen) atoms. The Bertz CT molecular complexity index is 531. The summed E-state index contributed by atoms with van der Waals surface area (Å²) in [7, 11) is 0. The highest BCUT2D eigenvalue weighted by Gasteiger charge is 2.11. The molecule has 0 bridgehead atoms. The number of carboxylic acids is 1. The molecule has 0 aromatic heterocycles. The second-order valence-electron chi connectivity index (χ2n) is 4.44. The third-order valence-corrected chi connectivity index (χ3v) is 3.06. The average molecular weight is 251 g/mol. The first-order valence-electron chi connectivity index (χ1n) is 6.18. The summed E-state index contributed by atoms with van der Waals surface area (Å²) in [5, 5.41) is 10.9. The van der Waals surface area contributed by atoms with Crippen LogP contribution in [0.5, 0.6) is 0 Å². The highest BCUT2D eigenvalue weighted by atomic mass is 16.4. The number of hydrogen-bond acceptors (Lipinski definition) is 2. The molecular formula is C17H15O2-. The number of benzene rings is 2. The highest BCUT2D eigenvalue weighted by Crippen LogP contribution is 2.26. The molecule has 0 aliphatic carbocycles. The SMILES string of the molecule is C/C(=C\C(c1ccccc1)c1ccccc1)C(=O)[O-]. The predicted molar refractivity (Wildman–Crippen MR) is 73.5 cm³/mol. The van der Waals surface area contributed by atoms with Crippen molar-refractivity contribution in [3.8, 4) is 0 Å². The molecule has 0 radical (unpaired) electrons. The third-order valence-electron chi connectivity index (χ3n) is 3.06. The van der Waals surface area contributed by atoms with Gasteiger partial charge in [0.05, 0.1) is 5.97 Å². The lowest BCUT2D eigenvalue weighted by molar-refractivity contribution is -0.299. The van der Waals surface area contributed by atoms with Crippen molar-refractivity contribution in [2.45, 2.75) is 12.8 Å². The monoisotopic (exact) mass is 251 g/mol. The quantitative estimate of drug-likeness (QED) is 0.783. The first-order chi connectivity index (χ1) is 9.18. The van der Waals surface area contributed by atoms with Crippen molar-refractivity contribution in [1.82, 2.24) is 0 Å². The molecule has 2 aromatic rings. The van der Waals surface area contributed by atoms with Gasteiger partial charge < -0.3 is 9.90 Å². The van der Waals surface area contributed by atoms with E-state index in [0.29, 0.717) is 0 Å². The van der Waals surface area contributed by atoms with Crippen LogP contribution in [0.2, 0.25) is 0 Å². The molecule has 96 valence electrons. The summed E-state index contributed by atoms with van der Waals surface area (Å²) < 4.78 is 0. The van der Waals surface area contributed by atoms with Gasteiger partial charge in [-0.1, -0.05) is 66.7 Å². The Morgan fingerprint density at radius 1 is 0.947 bits per heavy atom. The van der Waals surface area contributed by atoms with Gasteiger partial charge in [0, 0.05) is 5.92 Å². The number of allylic oxidation sites excluding steroid dienone is 1. The van der Waals surface area contributed by atoms with Gasteiger partial charge in [-0.3, -0.25) is 0 Å². The zero-order valence-corrected chi connectivity index (χ0v) is 10.7. The van der Waals surface area contributed by atoms with Gasteiger partial charge in [-0.05, 0) is 23.6 Å². The molecule has 0 fully saturated rings. The van der Waals surface area contributed by atoms with Crippen molar-refractivity contribution < 1.29 is 9.90 Å². The third kappa shape index (κ3) is 3.32. The maximum atomic E-state index is 10.9. The van der Waals surface area contributed by atoms with Crippen molar-refractivity contribution in [1.29, 1.82) is 0 Å². The molecule has 0 N–H and O–H groups in total. The lowest BCUT2D eigenvalue weighted by Gasteiger charge is -2.16. The lowest BCUT2D eigenvalue weighted by atomic mass is 9.90. The van der Waals surface area contributed by atoms with Gasteiger partial charge in [0.15, 0.2) is 0 Å². The summed E-state index contributed by atoms with van der Waals surface area (Å²) in [4.78, 5) is 10.9. The highest BCUT2D eigenvalue weighted by molar-refractivity contribution is 5.84. The fourth-order valence-corrected chi connectivity index (χ4v) is 2.02. The Kier molecular flexibility index (Phi) is 4.14. The van der Waals surface area contributed by atoms with E-state index >= 15 is 0 Å². The molecule has 0 aliphatic heterocycles. The zero-order chi connectivity index (χ0) is 13.7. The second-order valence-corrected chi connectivity index (χ2v) is 4.44. The molecule has 2 rings (SSSR count). The van der Waals surface area contributed by atoms with Crippen LogP contribution in [0, 0.1) is 0 Å². The van der Waals surface area contributed by atoms with Crippen LogP contribution in [0.1, 0.15) is 24.0 Å². The number of hydrogen-bond donors (Lipinski definition) is 0. The van der Waals surface area contributed by atoms with Crippen LogP contribution >= 0.6 is 0 Å². The topological polar surface area (TPSA) is 40.1 Å². The van der Waals surface area contributed by atoms with Crippen LogP contribution in [0.4, 0.5) is 0 Å². The smallest absolute Gasteiger partial charge is 0.0669 e. The van der Waals surface area contributed by atoms with E-state index in [4.69, 9.17) is 0 Å². The van der Waals surface area contributed by atoms with Crippen molar-refractivity contribution in [3.63, 3.8) is 0 Å². The van der Waals surface area contributed by atoms with Crippen LogP contribution in [0.25, 0.3) is 0 Å².